The first-order chi connectivity index (χ1) is 9.41. The average molecular weight is 273 g/mol. The van der Waals surface area contributed by atoms with Gasteiger partial charge in [-0.3, -0.25) is 0 Å². The molecular formula is C15H15NO4. The maximum atomic E-state index is 11.5. The molecule has 5 nitrogen and oxygen atoms in total. The molecule has 5 heteroatoms. The summed E-state index contributed by atoms with van der Waals surface area (Å²) in [6.45, 7) is 3.92. The Morgan fingerprint density at radius 3 is 2.35 bits per heavy atom. The first kappa shape index (κ1) is 14.0. The van der Waals surface area contributed by atoms with Crippen molar-refractivity contribution in [3.8, 4) is 0 Å². The lowest BCUT2D eigenvalue weighted by Crippen LogP contribution is -2.15. The highest BCUT2D eigenvalue weighted by Crippen LogP contribution is 2.26. The molecule has 1 aromatic heterocycles. The molecule has 0 unspecified atom stereocenters. The summed E-state index contributed by atoms with van der Waals surface area (Å²) in [6, 6.07) is 7.01. The maximum absolute atomic E-state index is 11.5. The number of aromatic carboxylic acids is 2. The fourth-order valence-corrected chi connectivity index (χ4v) is 2.29. The van der Waals surface area contributed by atoms with Crippen LogP contribution in [0.2, 0.25) is 0 Å². The van der Waals surface area contributed by atoms with Gasteiger partial charge in [0.2, 0.25) is 0 Å². The zero-order chi connectivity index (χ0) is 14.9. The molecule has 0 bridgehead atoms. The molecule has 2 aromatic rings. The van der Waals surface area contributed by atoms with Crippen LogP contribution in [0.4, 0.5) is 0 Å². The number of aromatic nitrogens is 1. The molecular weight excluding hydrogens is 258 g/mol. The van der Waals surface area contributed by atoms with Gasteiger partial charge in [0.1, 0.15) is 0 Å². The summed E-state index contributed by atoms with van der Waals surface area (Å²) < 4.78 is 0. The lowest BCUT2D eigenvalue weighted by atomic mass is 9.93. The summed E-state index contributed by atoms with van der Waals surface area (Å²) in [7, 11) is 0. The summed E-state index contributed by atoms with van der Waals surface area (Å²) in [5, 5.41) is 19.3. The van der Waals surface area contributed by atoms with Crippen LogP contribution in [0.3, 0.4) is 0 Å². The topological polar surface area (TPSA) is 87.5 Å². The number of hydrogen-bond donors (Lipinski definition) is 2. The standard InChI is InChI=1S/C15H15NO4/c1-8(2)7-10-9-5-3-4-6-11(9)16-13(15(19)20)12(10)14(17)18/h3-6,8H,7H2,1-2H3,(H,17,18)(H,19,20). The van der Waals surface area contributed by atoms with Crippen molar-refractivity contribution < 1.29 is 19.8 Å². The van der Waals surface area contributed by atoms with Crippen molar-refractivity contribution in [1.82, 2.24) is 4.98 Å². The number of rotatable bonds is 4. The van der Waals surface area contributed by atoms with Gasteiger partial charge in [0, 0.05) is 5.39 Å². The van der Waals surface area contributed by atoms with E-state index in [4.69, 9.17) is 0 Å². The minimum absolute atomic E-state index is 0.204. The van der Waals surface area contributed by atoms with Crippen LogP contribution in [0.1, 0.15) is 40.3 Å². The summed E-state index contributed by atoms with van der Waals surface area (Å²) >= 11 is 0. The van der Waals surface area contributed by atoms with Crippen molar-refractivity contribution in [3.05, 3.63) is 41.1 Å². The second-order valence-corrected chi connectivity index (χ2v) is 5.04. The van der Waals surface area contributed by atoms with Gasteiger partial charge in [0.15, 0.2) is 5.69 Å². The van der Waals surface area contributed by atoms with E-state index in [0.29, 0.717) is 22.9 Å². The van der Waals surface area contributed by atoms with Crippen molar-refractivity contribution in [2.45, 2.75) is 20.3 Å². The summed E-state index contributed by atoms with van der Waals surface area (Å²) in [4.78, 5) is 26.7. The summed E-state index contributed by atoms with van der Waals surface area (Å²) in [5.74, 6) is -2.37. The Bertz CT molecular complexity index is 692. The molecule has 2 N–H and O–H groups in total. The van der Waals surface area contributed by atoms with Crippen molar-refractivity contribution in [2.75, 3.05) is 0 Å². The molecule has 0 aliphatic carbocycles. The van der Waals surface area contributed by atoms with Crippen LogP contribution in [0.5, 0.6) is 0 Å². The molecule has 0 spiro atoms. The molecule has 0 saturated heterocycles. The van der Waals surface area contributed by atoms with E-state index in [1.54, 1.807) is 24.3 Å². The van der Waals surface area contributed by atoms with E-state index in [0.717, 1.165) is 0 Å². The fraction of sp³-hybridized carbons (Fsp3) is 0.267. The molecule has 0 saturated carbocycles. The number of pyridine rings is 1. The van der Waals surface area contributed by atoms with Crippen molar-refractivity contribution in [1.29, 1.82) is 0 Å². The smallest absolute Gasteiger partial charge is 0.355 e. The maximum Gasteiger partial charge on any atom is 0.355 e. The summed E-state index contributed by atoms with van der Waals surface area (Å²) in [5.41, 5.74) is 0.442. The van der Waals surface area contributed by atoms with E-state index in [1.165, 1.54) is 0 Å². The normalized spacial score (nSPS) is 10.9. The SMILES string of the molecule is CC(C)Cc1c(C(=O)O)c(C(=O)O)nc2ccccc12. The number of carboxylic acids is 2. The first-order valence-corrected chi connectivity index (χ1v) is 6.30. The minimum atomic E-state index is -1.32. The highest BCUT2D eigenvalue weighted by Gasteiger charge is 2.24. The van der Waals surface area contributed by atoms with Gasteiger partial charge in [0.25, 0.3) is 0 Å². The number of nitrogens with zero attached hydrogens (tertiary/aromatic N) is 1. The van der Waals surface area contributed by atoms with Crippen molar-refractivity contribution >= 4 is 22.8 Å². The quantitative estimate of drug-likeness (QED) is 0.894. The Balaban J connectivity index is 2.89. The third-order valence-corrected chi connectivity index (χ3v) is 3.03. The number of carbonyl (C=O) groups is 2. The highest BCUT2D eigenvalue weighted by molar-refractivity contribution is 6.05. The molecule has 0 aliphatic heterocycles. The Labute approximate surface area is 115 Å². The number of para-hydroxylation sites is 1. The van der Waals surface area contributed by atoms with Gasteiger partial charge in [-0.1, -0.05) is 32.0 Å². The molecule has 1 aromatic carbocycles. The molecule has 0 amide bonds. The number of hydrogen-bond acceptors (Lipinski definition) is 3. The van der Waals surface area contributed by atoms with Crippen LogP contribution in [0.25, 0.3) is 10.9 Å². The summed E-state index contributed by atoms with van der Waals surface area (Å²) in [6.07, 6.45) is 0.491. The van der Waals surface area contributed by atoms with Gasteiger partial charge in [-0.05, 0) is 24.0 Å². The number of fused-ring (bicyclic) bond motifs is 1. The van der Waals surface area contributed by atoms with E-state index >= 15 is 0 Å². The zero-order valence-electron chi connectivity index (χ0n) is 11.3. The lowest BCUT2D eigenvalue weighted by Gasteiger charge is -2.14. The van der Waals surface area contributed by atoms with Crippen LogP contribution < -0.4 is 0 Å². The van der Waals surface area contributed by atoms with Crippen LogP contribution in [-0.2, 0) is 6.42 Å². The van der Waals surface area contributed by atoms with Crippen LogP contribution >= 0.6 is 0 Å². The average Bonchev–Trinajstić information content (AvgIpc) is 2.37. The predicted molar refractivity (Wildman–Crippen MR) is 74.2 cm³/mol. The molecule has 0 radical (unpaired) electrons. The van der Waals surface area contributed by atoms with E-state index in [-0.39, 0.29) is 11.5 Å². The van der Waals surface area contributed by atoms with E-state index in [1.807, 2.05) is 13.8 Å². The van der Waals surface area contributed by atoms with Gasteiger partial charge in [-0.15, -0.1) is 0 Å². The first-order valence-electron chi connectivity index (χ1n) is 6.30. The Hall–Kier alpha value is -2.43. The monoisotopic (exact) mass is 273 g/mol. The number of carboxylic acid groups (broad SMARTS) is 2. The third kappa shape index (κ3) is 2.47. The Morgan fingerprint density at radius 2 is 1.80 bits per heavy atom. The van der Waals surface area contributed by atoms with Gasteiger partial charge in [0.05, 0.1) is 11.1 Å². The molecule has 104 valence electrons. The van der Waals surface area contributed by atoms with E-state index in [9.17, 15) is 19.8 Å². The second kappa shape index (κ2) is 5.28. The van der Waals surface area contributed by atoms with Gasteiger partial charge in [-0.2, -0.15) is 0 Å². The number of benzene rings is 1. The van der Waals surface area contributed by atoms with Crippen LogP contribution in [-0.4, -0.2) is 27.1 Å². The van der Waals surface area contributed by atoms with E-state index < -0.39 is 17.6 Å². The van der Waals surface area contributed by atoms with E-state index in [2.05, 4.69) is 4.98 Å². The van der Waals surface area contributed by atoms with Crippen molar-refractivity contribution in [3.63, 3.8) is 0 Å². The Morgan fingerprint density at radius 1 is 1.15 bits per heavy atom. The van der Waals surface area contributed by atoms with Crippen LogP contribution in [0.15, 0.2) is 24.3 Å². The lowest BCUT2D eigenvalue weighted by molar-refractivity contribution is 0.0645. The van der Waals surface area contributed by atoms with Gasteiger partial charge >= 0.3 is 11.9 Å². The fourth-order valence-electron chi connectivity index (χ4n) is 2.29. The minimum Gasteiger partial charge on any atom is -0.478 e. The molecule has 2 rings (SSSR count). The predicted octanol–water partition coefficient (Wildman–Crippen LogP) is 2.83. The highest BCUT2D eigenvalue weighted by atomic mass is 16.4. The van der Waals surface area contributed by atoms with Crippen LogP contribution in [0, 0.1) is 5.92 Å². The molecule has 0 aliphatic rings. The second-order valence-electron chi connectivity index (χ2n) is 5.04. The Kier molecular flexibility index (Phi) is 3.70. The molecule has 1 heterocycles. The molecule has 0 fully saturated rings. The van der Waals surface area contributed by atoms with Gasteiger partial charge in [-0.25, -0.2) is 14.6 Å². The zero-order valence-corrected chi connectivity index (χ0v) is 11.3. The molecule has 20 heavy (non-hydrogen) atoms. The van der Waals surface area contributed by atoms with Crippen molar-refractivity contribution in [2.24, 2.45) is 5.92 Å². The molecule has 0 atom stereocenters. The largest absolute Gasteiger partial charge is 0.478 e. The van der Waals surface area contributed by atoms with Gasteiger partial charge < -0.3 is 10.2 Å². The third-order valence-electron chi connectivity index (χ3n) is 3.03.